The summed E-state index contributed by atoms with van der Waals surface area (Å²) in [5.41, 5.74) is 0. The van der Waals surface area contributed by atoms with Crippen molar-refractivity contribution in [3.8, 4) is 0 Å². The third kappa shape index (κ3) is 7.18. The van der Waals surface area contributed by atoms with Crippen LogP contribution in [0.2, 0.25) is 0 Å². The van der Waals surface area contributed by atoms with Gasteiger partial charge in [-0.05, 0) is 38.8 Å². The molecular formula is C11H22ClN3O2. The minimum Gasteiger partial charge on any atom is -0.355 e. The van der Waals surface area contributed by atoms with Crippen LogP contribution in [-0.2, 0) is 9.59 Å². The first-order chi connectivity index (χ1) is 7.72. The molecule has 0 aromatic rings. The molecule has 2 amide bonds. The van der Waals surface area contributed by atoms with Crippen molar-refractivity contribution < 1.29 is 9.59 Å². The molecule has 1 fully saturated rings. The monoisotopic (exact) mass is 263 g/mol. The van der Waals surface area contributed by atoms with E-state index in [4.69, 9.17) is 0 Å². The molecule has 1 saturated heterocycles. The Hall–Kier alpha value is -0.810. The van der Waals surface area contributed by atoms with Crippen LogP contribution < -0.4 is 16.0 Å². The Morgan fingerprint density at radius 1 is 1.18 bits per heavy atom. The molecule has 3 N–H and O–H groups in total. The molecule has 0 unspecified atom stereocenters. The second-order valence-corrected chi connectivity index (χ2v) is 4.13. The minimum atomic E-state index is -0.124. The standard InChI is InChI=1S/C11H21N3O2.ClH/c1-2-13-11(16)8-14-10(15)7-9-3-5-12-6-4-9;/h9,12H,2-8H2,1H3,(H,13,16)(H,14,15);1H. The van der Waals surface area contributed by atoms with Crippen molar-refractivity contribution >= 4 is 24.2 Å². The number of hydrogen-bond donors (Lipinski definition) is 3. The van der Waals surface area contributed by atoms with Gasteiger partial charge in [0.1, 0.15) is 0 Å². The van der Waals surface area contributed by atoms with E-state index in [2.05, 4.69) is 16.0 Å². The lowest BCUT2D eigenvalue weighted by Gasteiger charge is -2.21. The smallest absolute Gasteiger partial charge is 0.239 e. The van der Waals surface area contributed by atoms with Gasteiger partial charge in [0.05, 0.1) is 6.54 Å². The lowest BCUT2D eigenvalue weighted by Crippen LogP contribution is -2.38. The number of piperidine rings is 1. The Balaban J connectivity index is 0.00000256. The number of halogens is 1. The van der Waals surface area contributed by atoms with E-state index in [1.54, 1.807) is 0 Å². The molecule has 100 valence electrons. The summed E-state index contributed by atoms with van der Waals surface area (Å²) in [5.74, 6) is 0.329. The fourth-order valence-electron chi connectivity index (χ4n) is 1.86. The van der Waals surface area contributed by atoms with E-state index in [-0.39, 0.29) is 30.8 Å². The Morgan fingerprint density at radius 2 is 1.82 bits per heavy atom. The van der Waals surface area contributed by atoms with E-state index in [0.29, 0.717) is 18.9 Å². The van der Waals surface area contributed by atoms with Crippen LogP contribution >= 0.6 is 12.4 Å². The van der Waals surface area contributed by atoms with E-state index in [0.717, 1.165) is 25.9 Å². The van der Waals surface area contributed by atoms with Gasteiger partial charge in [-0.25, -0.2) is 0 Å². The fourth-order valence-corrected chi connectivity index (χ4v) is 1.86. The highest BCUT2D eigenvalue weighted by Crippen LogP contribution is 2.15. The highest BCUT2D eigenvalue weighted by molar-refractivity contribution is 5.85. The van der Waals surface area contributed by atoms with Gasteiger partial charge in [-0.15, -0.1) is 12.4 Å². The molecule has 0 aromatic carbocycles. The number of likely N-dealkylation sites (N-methyl/N-ethyl adjacent to an activating group) is 1. The molecule has 6 heteroatoms. The van der Waals surface area contributed by atoms with Gasteiger partial charge in [-0.2, -0.15) is 0 Å². The summed E-state index contributed by atoms with van der Waals surface area (Å²) < 4.78 is 0. The van der Waals surface area contributed by atoms with Crippen molar-refractivity contribution in [3.05, 3.63) is 0 Å². The average Bonchev–Trinajstić information content (AvgIpc) is 2.28. The third-order valence-corrected chi connectivity index (χ3v) is 2.75. The maximum atomic E-state index is 11.5. The Kier molecular flexibility index (Phi) is 8.80. The van der Waals surface area contributed by atoms with Crippen LogP contribution in [0, 0.1) is 5.92 Å². The topological polar surface area (TPSA) is 70.2 Å². The molecule has 0 saturated carbocycles. The second kappa shape index (κ2) is 9.24. The van der Waals surface area contributed by atoms with Gasteiger partial charge in [0, 0.05) is 13.0 Å². The van der Waals surface area contributed by atoms with Gasteiger partial charge < -0.3 is 16.0 Å². The summed E-state index contributed by atoms with van der Waals surface area (Å²) in [5, 5.41) is 8.54. The van der Waals surface area contributed by atoms with E-state index in [1.807, 2.05) is 6.92 Å². The molecule has 0 aliphatic carbocycles. The SMILES string of the molecule is CCNC(=O)CNC(=O)CC1CCNCC1.Cl. The Bertz CT molecular complexity index is 243. The van der Waals surface area contributed by atoms with Gasteiger partial charge in [0.2, 0.25) is 11.8 Å². The molecule has 1 heterocycles. The van der Waals surface area contributed by atoms with Crippen molar-refractivity contribution in [1.82, 2.24) is 16.0 Å². The van der Waals surface area contributed by atoms with E-state index in [9.17, 15) is 9.59 Å². The van der Waals surface area contributed by atoms with Gasteiger partial charge in [0.15, 0.2) is 0 Å². The first-order valence-corrected chi connectivity index (χ1v) is 5.96. The summed E-state index contributed by atoms with van der Waals surface area (Å²) in [6.45, 7) is 4.54. The molecule has 1 aliphatic heterocycles. The number of rotatable bonds is 5. The largest absolute Gasteiger partial charge is 0.355 e. The van der Waals surface area contributed by atoms with Crippen molar-refractivity contribution in [2.24, 2.45) is 5.92 Å². The zero-order valence-electron chi connectivity index (χ0n) is 10.3. The molecule has 0 radical (unpaired) electrons. The molecular weight excluding hydrogens is 242 g/mol. The lowest BCUT2D eigenvalue weighted by molar-refractivity contribution is -0.126. The fraction of sp³-hybridized carbons (Fsp3) is 0.818. The molecule has 1 rings (SSSR count). The van der Waals surface area contributed by atoms with Crippen LogP contribution in [0.15, 0.2) is 0 Å². The Labute approximate surface area is 109 Å². The summed E-state index contributed by atoms with van der Waals surface area (Å²) in [6, 6.07) is 0. The van der Waals surface area contributed by atoms with Crippen LogP contribution in [0.5, 0.6) is 0 Å². The maximum absolute atomic E-state index is 11.5. The molecule has 0 bridgehead atoms. The van der Waals surface area contributed by atoms with Crippen molar-refractivity contribution in [2.45, 2.75) is 26.2 Å². The van der Waals surface area contributed by atoms with Gasteiger partial charge >= 0.3 is 0 Å². The molecule has 17 heavy (non-hydrogen) atoms. The highest BCUT2D eigenvalue weighted by atomic mass is 35.5. The summed E-state index contributed by atoms with van der Waals surface area (Å²) >= 11 is 0. The van der Waals surface area contributed by atoms with E-state index in [1.165, 1.54) is 0 Å². The Morgan fingerprint density at radius 3 is 2.41 bits per heavy atom. The quantitative estimate of drug-likeness (QED) is 0.657. The first-order valence-electron chi connectivity index (χ1n) is 5.96. The molecule has 5 nitrogen and oxygen atoms in total. The van der Waals surface area contributed by atoms with Gasteiger partial charge in [-0.3, -0.25) is 9.59 Å². The number of carbonyl (C=O) groups is 2. The van der Waals surface area contributed by atoms with Gasteiger partial charge in [0.25, 0.3) is 0 Å². The summed E-state index contributed by atoms with van der Waals surface area (Å²) in [7, 11) is 0. The number of hydrogen-bond acceptors (Lipinski definition) is 3. The van der Waals surface area contributed by atoms with Crippen LogP contribution in [0.4, 0.5) is 0 Å². The van der Waals surface area contributed by atoms with Crippen LogP contribution in [0.3, 0.4) is 0 Å². The predicted octanol–water partition coefficient (Wildman–Crippen LogP) is 0.0502. The lowest BCUT2D eigenvalue weighted by atomic mass is 9.94. The second-order valence-electron chi connectivity index (χ2n) is 4.13. The first kappa shape index (κ1) is 16.2. The zero-order valence-corrected chi connectivity index (χ0v) is 11.1. The summed E-state index contributed by atoms with van der Waals surface area (Å²) in [6.07, 6.45) is 2.64. The van der Waals surface area contributed by atoms with E-state index >= 15 is 0 Å². The van der Waals surface area contributed by atoms with Gasteiger partial charge in [-0.1, -0.05) is 0 Å². The average molecular weight is 264 g/mol. The molecule has 1 aliphatic rings. The van der Waals surface area contributed by atoms with E-state index < -0.39 is 0 Å². The van der Waals surface area contributed by atoms with Crippen molar-refractivity contribution in [2.75, 3.05) is 26.2 Å². The van der Waals surface area contributed by atoms with Crippen LogP contribution in [-0.4, -0.2) is 38.0 Å². The van der Waals surface area contributed by atoms with Crippen LogP contribution in [0.25, 0.3) is 0 Å². The zero-order chi connectivity index (χ0) is 11.8. The van der Waals surface area contributed by atoms with Crippen LogP contribution in [0.1, 0.15) is 26.2 Å². The highest BCUT2D eigenvalue weighted by Gasteiger charge is 2.16. The molecule has 0 spiro atoms. The summed E-state index contributed by atoms with van der Waals surface area (Å²) in [4.78, 5) is 22.6. The minimum absolute atomic E-state index is 0. The third-order valence-electron chi connectivity index (χ3n) is 2.75. The van der Waals surface area contributed by atoms with Crippen molar-refractivity contribution in [3.63, 3.8) is 0 Å². The van der Waals surface area contributed by atoms with Crippen molar-refractivity contribution in [1.29, 1.82) is 0 Å². The molecule has 0 atom stereocenters. The maximum Gasteiger partial charge on any atom is 0.239 e. The molecule has 0 aromatic heterocycles. The number of carbonyl (C=O) groups excluding carboxylic acids is 2. The number of amides is 2. The predicted molar refractivity (Wildman–Crippen MR) is 69.2 cm³/mol. The number of nitrogens with one attached hydrogen (secondary N) is 3. The normalized spacial score (nSPS) is 15.8.